The first-order valence-electron chi connectivity index (χ1n) is 9.46. The molecule has 1 aliphatic heterocycles. The number of rotatable bonds is 6. The van der Waals surface area contributed by atoms with Gasteiger partial charge in [-0.15, -0.1) is 0 Å². The van der Waals surface area contributed by atoms with Gasteiger partial charge in [0, 0.05) is 23.2 Å². The van der Waals surface area contributed by atoms with E-state index in [9.17, 15) is 14.4 Å². The zero-order valence-corrected chi connectivity index (χ0v) is 17.4. The van der Waals surface area contributed by atoms with E-state index in [0.717, 1.165) is 10.5 Å². The van der Waals surface area contributed by atoms with E-state index in [1.165, 1.54) is 0 Å². The Bertz CT molecular complexity index is 932. The third-order valence-electron chi connectivity index (χ3n) is 5.12. The second-order valence-electron chi connectivity index (χ2n) is 7.53. The molecule has 0 spiro atoms. The number of benzene rings is 2. The summed E-state index contributed by atoms with van der Waals surface area (Å²) in [6, 6.07) is 15.8. The van der Waals surface area contributed by atoms with Gasteiger partial charge in [-0.2, -0.15) is 0 Å². The van der Waals surface area contributed by atoms with Gasteiger partial charge in [-0.05, 0) is 32.4 Å². The highest BCUT2D eigenvalue weighted by molar-refractivity contribution is 6.32. The maximum absolute atomic E-state index is 13.1. The van der Waals surface area contributed by atoms with Crippen molar-refractivity contribution in [1.29, 1.82) is 0 Å². The van der Waals surface area contributed by atoms with Crippen LogP contribution in [0, 0.1) is 0 Å². The largest absolute Gasteiger partial charge is 0.334 e. The lowest BCUT2D eigenvalue weighted by molar-refractivity contribution is -0.140. The van der Waals surface area contributed by atoms with Gasteiger partial charge in [0.1, 0.15) is 12.1 Å². The first-order chi connectivity index (χ1) is 13.7. The van der Waals surface area contributed by atoms with Crippen molar-refractivity contribution in [3.63, 3.8) is 0 Å². The van der Waals surface area contributed by atoms with Crippen LogP contribution in [0.2, 0.25) is 5.02 Å². The van der Waals surface area contributed by atoms with E-state index >= 15 is 0 Å². The number of urea groups is 1. The minimum absolute atomic E-state index is 0.0848. The molecule has 2 aromatic rings. The highest BCUT2D eigenvalue weighted by atomic mass is 35.5. The first-order valence-corrected chi connectivity index (χ1v) is 9.84. The van der Waals surface area contributed by atoms with Crippen LogP contribution in [0.5, 0.6) is 0 Å². The normalized spacial score (nSPS) is 18.9. The second-order valence-corrected chi connectivity index (χ2v) is 7.93. The van der Waals surface area contributed by atoms with Gasteiger partial charge in [-0.1, -0.05) is 60.1 Å². The van der Waals surface area contributed by atoms with Crippen molar-refractivity contribution in [3.8, 4) is 0 Å². The van der Waals surface area contributed by atoms with Gasteiger partial charge < -0.3 is 10.2 Å². The summed E-state index contributed by atoms with van der Waals surface area (Å²) in [5.74, 6) is -0.789. The molecule has 1 heterocycles. The maximum atomic E-state index is 13.1. The van der Waals surface area contributed by atoms with Gasteiger partial charge in [0.25, 0.3) is 5.91 Å². The van der Waals surface area contributed by atoms with Crippen molar-refractivity contribution < 1.29 is 14.4 Å². The van der Waals surface area contributed by atoms with Crippen LogP contribution in [0.15, 0.2) is 54.6 Å². The summed E-state index contributed by atoms with van der Waals surface area (Å²) >= 11 is 6.25. The molecule has 1 N–H and O–H groups in total. The van der Waals surface area contributed by atoms with E-state index in [0.29, 0.717) is 17.1 Å². The lowest BCUT2D eigenvalue weighted by Gasteiger charge is -2.29. The molecule has 1 fully saturated rings. The van der Waals surface area contributed by atoms with Crippen molar-refractivity contribution in [2.24, 2.45) is 0 Å². The average Bonchev–Trinajstić information content (AvgIpc) is 2.90. The number of halogens is 1. The number of nitrogens with zero attached hydrogens (tertiary/aromatic N) is 2. The van der Waals surface area contributed by atoms with Crippen LogP contribution in [0.3, 0.4) is 0 Å². The SMILES string of the molecule is CC(C)N(Cc1ccccc1)C(=O)CN1C(=O)NC(C)(c2ccccc2Cl)C1=O. The minimum Gasteiger partial charge on any atom is -0.334 e. The molecular weight excluding hydrogens is 390 g/mol. The Labute approximate surface area is 175 Å². The number of hydrogen-bond acceptors (Lipinski definition) is 3. The Balaban J connectivity index is 1.80. The number of carbonyl (C=O) groups excluding carboxylic acids is 3. The molecule has 0 aromatic heterocycles. The Morgan fingerprint density at radius 1 is 1.10 bits per heavy atom. The predicted octanol–water partition coefficient (Wildman–Crippen LogP) is 3.54. The van der Waals surface area contributed by atoms with Crippen LogP contribution in [0.4, 0.5) is 4.79 Å². The Kier molecular flexibility index (Phi) is 5.94. The van der Waals surface area contributed by atoms with Gasteiger partial charge in [-0.3, -0.25) is 14.5 Å². The number of imide groups is 1. The van der Waals surface area contributed by atoms with E-state index in [1.54, 1.807) is 36.1 Å². The molecular formula is C22H24ClN3O3. The summed E-state index contributed by atoms with van der Waals surface area (Å²) < 4.78 is 0. The first kappa shape index (κ1) is 20.9. The minimum atomic E-state index is -1.31. The van der Waals surface area contributed by atoms with E-state index < -0.39 is 17.5 Å². The highest BCUT2D eigenvalue weighted by Crippen LogP contribution is 2.33. The predicted molar refractivity (Wildman–Crippen MR) is 111 cm³/mol. The number of carbonyl (C=O) groups is 3. The van der Waals surface area contributed by atoms with Crippen LogP contribution in [0.1, 0.15) is 31.9 Å². The van der Waals surface area contributed by atoms with Crippen LogP contribution in [-0.2, 0) is 21.7 Å². The molecule has 29 heavy (non-hydrogen) atoms. The molecule has 6 nitrogen and oxygen atoms in total. The molecule has 7 heteroatoms. The van der Waals surface area contributed by atoms with E-state index in [1.807, 2.05) is 44.2 Å². The van der Waals surface area contributed by atoms with E-state index in [-0.39, 0.29) is 18.5 Å². The fraction of sp³-hybridized carbons (Fsp3) is 0.318. The standard InChI is InChI=1S/C22H24ClN3O3/c1-15(2)25(13-16-9-5-4-6-10-16)19(27)14-26-20(28)22(3,24-21(26)29)17-11-7-8-12-18(17)23/h4-12,15H,13-14H2,1-3H3,(H,24,29). The van der Waals surface area contributed by atoms with Gasteiger partial charge in [0.15, 0.2) is 0 Å². The molecule has 0 bridgehead atoms. The third-order valence-corrected chi connectivity index (χ3v) is 5.45. The van der Waals surface area contributed by atoms with Gasteiger partial charge in [-0.25, -0.2) is 4.79 Å². The fourth-order valence-corrected chi connectivity index (χ4v) is 3.78. The van der Waals surface area contributed by atoms with Crippen molar-refractivity contribution in [3.05, 3.63) is 70.7 Å². The molecule has 0 saturated carbocycles. The summed E-state index contributed by atoms with van der Waals surface area (Å²) in [4.78, 5) is 41.2. The summed E-state index contributed by atoms with van der Waals surface area (Å²) in [7, 11) is 0. The van der Waals surface area contributed by atoms with Crippen LogP contribution >= 0.6 is 11.6 Å². The van der Waals surface area contributed by atoms with Gasteiger partial charge in [0.05, 0.1) is 0 Å². The zero-order chi connectivity index (χ0) is 21.2. The third kappa shape index (κ3) is 4.12. The summed E-state index contributed by atoms with van der Waals surface area (Å²) in [6.07, 6.45) is 0. The lowest BCUT2D eigenvalue weighted by atomic mass is 9.92. The molecule has 1 aliphatic rings. The molecule has 1 saturated heterocycles. The second kappa shape index (κ2) is 8.25. The zero-order valence-electron chi connectivity index (χ0n) is 16.7. The lowest BCUT2D eigenvalue weighted by Crippen LogP contribution is -2.46. The quantitative estimate of drug-likeness (QED) is 0.736. The maximum Gasteiger partial charge on any atom is 0.325 e. The van der Waals surface area contributed by atoms with Crippen molar-refractivity contribution in [2.45, 2.75) is 38.9 Å². The topological polar surface area (TPSA) is 69.7 Å². The molecule has 1 atom stereocenters. The number of nitrogens with one attached hydrogen (secondary N) is 1. The summed E-state index contributed by atoms with van der Waals surface area (Å²) in [5, 5.41) is 3.07. The molecule has 1 unspecified atom stereocenters. The summed E-state index contributed by atoms with van der Waals surface area (Å²) in [6.45, 7) is 5.49. The molecule has 4 amide bonds. The van der Waals surface area contributed by atoms with Crippen LogP contribution in [0.25, 0.3) is 0 Å². The summed E-state index contributed by atoms with van der Waals surface area (Å²) in [5.41, 5.74) is 0.172. The smallest absolute Gasteiger partial charge is 0.325 e. The van der Waals surface area contributed by atoms with Gasteiger partial charge in [0.2, 0.25) is 5.91 Å². The van der Waals surface area contributed by atoms with E-state index in [4.69, 9.17) is 11.6 Å². The molecule has 0 aliphatic carbocycles. The Morgan fingerprint density at radius 3 is 2.34 bits per heavy atom. The number of hydrogen-bond donors (Lipinski definition) is 1. The highest BCUT2D eigenvalue weighted by Gasteiger charge is 2.50. The number of amides is 4. The molecule has 0 radical (unpaired) electrons. The van der Waals surface area contributed by atoms with Crippen LogP contribution in [-0.4, -0.2) is 40.2 Å². The monoisotopic (exact) mass is 413 g/mol. The molecule has 152 valence electrons. The average molecular weight is 414 g/mol. The van der Waals surface area contributed by atoms with Crippen molar-refractivity contribution in [2.75, 3.05) is 6.54 Å². The fourth-order valence-electron chi connectivity index (χ4n) is 3.45. The van der Waals surface area contributed by atoms with Crippen molar-refractivity contribution in [1.82, 2.24) is 15.1 Å². The Hall–Kier alpha value is -2.86. The van der Waals surface area contributed by atoms with Crippen molar-refractivity contribution >= 4 is 29.4 Å². The molecule has 3 rings (SSSR count). The van der Waals surface area contributed by atoms with E-state index in [2.05, 4.69) is 5.32 Å². The Morgan fingerprint density at radius 2 is 1.72 bits per heavy atom. The van der Waals surface area contributed by atoms with Gasteiger partial charge >= 0.3 is 6.03 Å². The van der Waals surface area contributed by atoms with Crippen LogP contribution < -0.4 is 5.32 Å². The molecule has 2 aromatic carbocycles.